The van der Waals surface area contributed by atoms with E-state index in [-0.39, 0.29) is 58.8 Å². The number of carboxylic acids is 1. The van der Waals surface area contributed by atoms with Crippen molar-refractivity contribution in [2.75, 3.05) is 0 Å². The number of carbonyl (C=O) groups excluding carboxylic acids is 1. The van der Waals surface area contributed by atoms with Crippen molar-refractivity contribution in [3.05, 3.63) is 0 Å². The molecule has 0 aliphatic rings. The molecule has 1 radical (unpaired) electrons. The second-order valence-corrected chi connectivity index (χ2v) is 1.95. The van der Waals surface area contributed by atoms with E-state index in [0.29, 0.717) is 0 Å². The van der Waals surface area contributed by atoms with Crippen molar-refractivity contribution < 1.29 is 78.6 Å². The first-order chi connectivity index (χ1) is 4.04. The molecule has 0 saturated carbocycles. The van der Waals surface area contributed by atoms with Crippen LogP contribution in [0.5, 0.6) is 0 Å². The molecule has 4 N–H and O–H groups in total. The first-order valence-electron chi connectivity index (χ1n) is 2.16. The fraction of sp³-hybridized carbons (Fsp3) is 0.500. The zero-order valence-electron chi connectivity index (χ0n) is 7.24. The number of carbonyl (C=O) groups is 2. The van der Waals surface area contributed by atoms with Crippen LogP contribution < -0.4 is 29.6 Å². The average molecular weight is 389 g/mol. The molecule has 73 valence electrons. The molecule has 1 atom stereocenters. The molecule has 0 heterocycles. The summed E-state index contributed by atoms with van der Waals surface area (Å²) in [6, 6.07) is 0. The van der Waals surface area contributed by atoms with Crippen LogP contribution in [0.1, 0.15) is 7.85 Å². The van der Waals surface area contributed by atoms with Crippen molar-refractivity contribution in [2.45, 2.75) is 12.5 Å². The van der Waals surface area contributed by atoms with E-state index in [4.69, 9.17) is 10.2 Å². The Labute approximate surface area is 114 Å². The summed E-state index contributed by atoms with van der Waals surface area (Å²) in [6.07, 6.45) is -2.06. The Morgan fingerprint density at radius 2 is 1.83 bits per heavy atom. The molecule has 5 nitrogen and oxygen atoms in total. The average Bonchev–Trinajstić information content (AvgIpc) is 1.63. The minimum atomic E-state index is -1.62. The van der Waals surface area contributed by atoms with Gasteiger partial charge in [-0.15, -0.1) is 12.6 Å². The van der Waals surface area contributed by atoms with Crippen LogP contribution in [0.4, 0.5) is 0 Å². The fourth-order valence-corrected chi connectivity index (χ4v) is 0.426. The predicted molar refractivity (Wildman–Crippen MR) is 37.0 cm³/mol. The van der Waals surface area contributed by atoms with Crippen molar-refractivity contribution in [1.82, 2.24) is 0 Å². The summed E-state index contributed by atoms with van der Waals surface area (Å²) in [7, 11) is 0. The normalized spacial score (nSPS) is 9.50. The summed E-state index contributed by atoms with van der Waals surface area (Å²) in [5.74, 6) is -1.41. The number of aliphatic hydroxyl groups excluding tert-OH is 1. The van der Waals surface area contributed by atoms with Gasteiger partial charge in [0.15, 0.2) is 11.2 Å². The van der Waals surface area contributed by atoms with Crippen LogP contribution in [0.2, 0.25) is 0 Å². The summed E-state index contributed by atoms with van der Waals surface area (Å²) in [6.45, 7) is 0. The van der Waals surface area contributed by atoms with Crippen molar-refractivity contribution in [1.29, 1.82) is 0 Å². The molecule has 8 heteroatoms. The molecule has 0 spiro atoms. The van der Waals surface area contributed by atoms with E-state index >= 15 is 0 Å². The van der Waals surface area contributed by atoms with E-state index in [1.54, 1.807) is 0 Å². The molecule has 1 unspecified atom stereocenters. The molecular formula is C4H9AuNaO5S. The topological polar surface area (TPSA) is 106 Å². The molecule has 0 aromatic heterocycles. The van der Waals surface area contributed by atoms with Gasteiger partial charge in [-0.1, -0.05) is 0 Å². The largest absolute Gasteiger partial charge is 1.00 e. The smallest absolute Gasteiger partial charge is 1.00 e. The maximum atomic E-state index is 10.00. The Hall–Kier alpha value is 1.15. The number of carboxylic acid groups (broad SMARTS) is 1. The Morgan fingerprint density at radius 1 is 1.50 bits per heavy atom. The summed E-state index contributed by atoms with van der Waals surface area (Å²) in [5.41, 5.74) is 0. The van der Waals surface area contributed by atoms with Gasteiger partial charge in [0, 0.05) is 22.4 Å². The number of hydrogen-bond acceptors (Lipinski definition) is 3. The van der Waals surface area contributed by atoms with Crippen molar-refractivity contribution in [3.63, 3.8) is 0 Å². The maximum absolute atomic E-state index is 10.00. The van der Waals surface area contributed by atoms with Gasteiger partial charge in [0.1, 0.15) is 0 Å². The maximum Gasteiger partial charge on any atom is 1.00 e. The van der Waals surface area contributed by atoms with Gasteiger partial charge in [0.05, 0.1) is 6.42 Å². The van der Waals surface area contributed by atoms with Gasteiger partial charge in [-0.25, -0.2) is 4.79 Å². The minimum absolute atomic E-state index is 0. The van der Waals surface area contributed by atoms with E-state index < -0.39 is 23.6 Å². The summed E-state index contributed by atoms with van der Waals surface area (Å²) in [5, 5.41) is 15.8. The standard InChI is InChI=1S/C4H6O4S.Au.Na.H2O.H/c5-2(4(7)8)1-3(6)9;;;;/h2,5H,1H2,(H,6,9)(H,7,8);;;1H2;/q;;+1;;-1. The monoisotopic (exact) mass is 389 g/mol. The predicted octanol–water partition coefficient (Wildman–Crippen LogP) is -4.43. The number of thiol groups is 1. The van der Waals surface area contributed by atoms with Gasteiger partial charge in [-0.2, -0.15) is 0 Å². The van der Waals surface area contributed by atoms with Gasteiger partial charge in [0.2, 0.25) is 0 Å². The molecule has 0 aromatic rings. The fourth-order valence-electron chi connectivity index (χ4n) is 0.253. The molecule has 0 bridgehead atoms. The van der Waals surface area contributed by atoms with Gasteiger partial charge < -0.3 is 17.1 Å². The summed E-state index contributed by atoms with van der Waals surface area (Å²) >= 11 is 3.27. The van der Waals surface area contributed by atoms with Crippen LogP contribution in [-0.4, -0.2) is 32.9 Å². The van der Waals surface area contributed by atoms with E-state index in [1.165, 1.54) is 0 Å². The molecule has 0 aliphatic carbocycles. The van der Waals surface area contributed by atoms with Crippen LogP contribution in [0.15, 0.2) is 0 Å². The SMILES string of the molecule is O.O=C(S)CC(O)C(=O)O.[Au].[H-].[Na+]. The van der Waals surface area contributed by atoms with Crippen LogP contribution in [0.3, 0.4) is 0 Å². The van der Waals surface area contributed by atoms with E-state index in [0.717, 1.165) is 0 Å². The molecule has 0 fully saturated rings. The second kappa shape index (κ2) is 12.2. The zero-order valence-corrected chi connectivity index (χ0v) is 11.3. The molecule has 0 aromatic carbocycles. The second-order valence-electron chi connectivity index (χ2n) is 1.45. The molecule has 0 rings (SSSR count). The molecule has 12 heavy (non-hydrogen) atoms. The van der Waals surface area contributed by atoms with E-state index in [1.807, 2.05) is 0 Å². The number of aliphatic carboxylic acids is 1. The van der Waals surface area contributed by atoms with Crippen molar-refractivity contribution in [3.8, 4) is 0 Å². The van der Waals surface area contributed by atoms with Crippen LogP contribution in [0.25, 0.3) is 0 Å². The Balaban J connectivity index is -0.0000000533. The number of rotatable bonds is 3. The first kappa shape index (κ1) is 23.2. The van der Waals surface area contributed by atoms with Crippen LogP contribution in [-0.2, 0) is 32.0 Å². The summed E-state index contributed by atoms with van der Waals surface area (Å²) in [4.78, 5) is 19.8. The Bertz CT molecular complexity index is 148. The third kappa shape index (κ3) is 13.7. The first-order valence-corrected chi connectivity index (χ1v) is 2.61. The van der Waals surface area contributed by atoms with E-state index in [2.05, 4.69) is 12.6 Å². The van der Waals surface area contributed by atoms with Crippen molar-refractivity contribution >= 4 is 23.7 Å². The number of aliphatic hydroxyl groups is 1. The summed E-state index contributed by atoms with van der Waals surface area (Å²) < 4.78 is 0. The van der Waals surface area contributed by atoms with Gasteiger partial charge in [-0.3, -0.25) is 4.79 Å². The zero-order chi connectivity index (χ0) is 7.44. The minimum Gasteiger partial charge on any atom is -1.00 e. The van der Waals surface area contributed by atoms with Crippen LogP contribution >= 0.6 is 12.6 Å². The van der Waals surface area contributed by atoms with Gasteiger partial charge in [0.25, 0.3) is 0 Å². The Morgan fingerprint density at radius 3 is 1.92 bits per heavy atom. The molecule has 0 amide bonds. The Kier molecular flexibility index (Phi) is 23.5. The quantitative estimate of drug-likeness (QED) is 0.335. The third-order valence-electron chi connectivity index (χ3n) is 0.653. The third-order valence-corrected chi connectivity index (χ3v) is 0.836. The van der Waals surface area contributed by atoms with Gasteiger partial charge in [-0.05, 0) is 0 Å². The van der Waals surface area contributed by atoms with E-state index in [9.17, 15) is 9.59 Å². The van der Waals surface area contributed by atoms with Crippen molar-refractivity contribution in [2.24, 2.45) is 0 Å². The molecule has 0 saturated heterocycles. The molecular weight excluding hydrogens is 380 g/mol. The van der Waals surface area contributed by atoms with Gasteiger partial charge >= 0.3 is 35.5 Å². The molecule has 0 aliphatic heterocycles. The van der Waals surface area contributed by atoms with Crippen LogP contribution in [0, 0.1) is 0 Å². The number of hydrogen-bond donors (Lipinski definition) is 3.